The van der Waals surface area contributed by atoms with E-state index < -0.39 is 34.9 Å². The molecule has 0 aromatic rings. The second-order valence-electron chi connectivity index (χ2n) is 4.69. The first-order valence-electron chi connectivity index (χ1n) is 5.91. The number of hydrogen-bond donors (Lipinski definition) is 2. The molecule has 19 heavy (non-hydrogen) atoms. The topological polar surface area (TPSA) is 113 Å². The van der Waals surface area contributed by atoms with Crippen LogP contribution in [0.2, 0.25) is 0 Å². The van der Waals surface area contributed by atoms with Gasteiger partial charge in [0.2, 0.25) is 0 Å². The van der Waals surface area contributed by atoms with Crippen LogP contribution in [-0.2, 0) is 19.7 Å². The van der Waals surface area contributed by atoms with Gasteiger partial charge in [-0.15, -0.1) is 0 Å². The van der Waals surface area contributed by atoms with E-state index >= 15 is 0 Å². The van der Waals surface area contributed by atoms with Crippen molar-refractivity contribution >= 4 is 22.3 Å². The van der Waals surface area contributed by atoms with Crippen LogP contribution in [0.25, 0.3) is 0 Å². The third kappa shape index (κ3) is 5.88. The van der Waals surface area contributed by atoms with Crippen LogP contribution in [0, 0.1) is 5.92 Å². The maximum Gasteiger partial charge on any atom is 0.422 e. The van der Waals surface area contributed by atoms with Crippen molar-refractivity contribution in [3.8, 4) is 0 Å². The van der Waals surface area contributed by atoms with Crippen molar-refractivity contribution in [1.82, 2.24) is 9.03 Å². The molecular formula is C10H18N2O6S. The van der Waals surface area contributed by atoms with Gasteiger partial charge in [0.1, 0.15) is 6.54 Å². The fourth-order valence-electron chi connectivity index (χ4n) is 1.39. The molecule has 0 bridgehead atoms. The first-order valence-corrected chi connectivity index (χ1v) is 7.35. The number of hydrogen-bond acceptors (Lipinski definition) is 5. The van der Waals surface area contributed by atoms with Gasteiger partial charge in [-0.2, -0.15) is 12.7 Å². The molecule has 0 aliphatic heterocycles. The lowest BCUT2D eigenvalue weighted by atomic mass is 10.4. The fourth-order valence-corrected chi connectivity index (χ4v) is 2.47. The Bertz CT molecular complexity index is 443. The maximum atomic E-state index is 11.9. The lowest BCUT2D eigenvalue weighted by molar-refractivity contribution is -0.137. The van der Waals surface area contributed by atoms with Gasteiger partial charge < -0.3 is 9.84 Å². The number of nitrogens with zero attached hydrogens (tertiary/aromatic N) is 1. The number of ether oxygens (including phenoxy) is 1. The molecule has 0 aromatic carbocycles. The molecule has 0 aromatic heterocycles. The molecule has 9 heteroatoms. The highest BCUT2D eigenvalue weighted by Crippen LogP contribution is 2.30. The van der Waals surface area contributed by atoms with E-state index in [1.807, 2.05) is 0 Å². The molecule has 1 amide bonds. The normalized spacial score (nSPS) is 15.6. The van der Waals surface area contributed by atoms with E-state index in [0.717, 1.165) is 17.1 Å². The Morgan fingerprint density at radius 3 is 2.42 bits per heavy atom. The van der Waals surface area contributed by atoms with Gasteiger partial charge >= 0.3 is 22.3 Å². The minimum absolute atomic E-state index is 0.0938. The number of rotatable bonds is 7. The molecule has 2 N–H and O–H groups in total. The molecule has 0 atom stereocenters. The molecular weight excluding hydrogens is 276 g/mol. The van der Waals surface area contributed by atoms with E-state index in [9.17, 15) is 18.0 Å². The number of aliphatic carboxylic acids is 1. The summed E-state index contributed by atoms with van der Waals surface area (Å²) in [4.78, 5) is 21.9. The summed E-state index contributed by atoms with van der Waals surface area (Å²) < 4.78 is 30.8. The van der Waals surface area contributed by atoms with Crippen LogP contribution in [0.4, 0.5) is 4.79 Å². The zero-order chi connectivity index (χ0) is 14.6. The molecule has 1 aliphatic carbocycles. The van der Waals surface area contributed by atoms with E-state index in [4.69, 9.17) is 5.11 Å². The first kappa shape index (κ1) is 15.7. The SMILES string of the molecule is CC(C)OC(=O)NS(=O)(=O)N(CC(=O)O)CC1CC1. The van der Waals surface area contributed by atoms with E-state index in [0.29, 0.717) is 0 Å². The number of nitrogens with one attached hydrogen (secondary N) is 1. The quantitative estimate of drug-likeness (QED) is 0.691. The van der Waals surface area contributed by atoms with Crippen molar-refractivity contribution in [2.24, 2.45) is 5.92 Å². The largest absolute Gasteiger partial charge is 0.480 e. The maximum absolute atomic E-state index is 11.9. The van der Waals surface area contributed by atoms with E-state index in [-0.39, 0.29) is 12.5 Å². The highest BCUT2D eigenvalue weighted by Gasteiger charge is 2.33. The Balaban J connectivity index is 2.68. The highest BCUT2D eigenvalue weighted by atomic mass is 32.2. The summed E-state index contributed by atoms with van der Waals surface area (Å²) >= 11 is 0. The van der Waals surface area contributed by atoms with E-state index in [1.54, 1.807) is 18.6 Å². The average Bonchev–Trinajstić information content (AvgIpc) is 2.97. The summed E-state index contributed by atoms with van der Waals surface area (Å²) in [6.45, 7) is 2.56. The third-order valence-electron chi connectivity index (χ3n) is 2.37. The molecule has 1 aliphatic rings. The predicted octanol–water partition coefficient (Wildman–Crippen LogP) is 0.162. The van der Waals surface area contributed by atoms with Gasteiger partial charge in [0.25, 0.3) is 0 Å². The summed E-state index contributed by atoms with van der Waals surface area (Å²) in [6.07, 6.45) is 0.150. The first-order chi connectivity index (χ1) is 8.70. The van der Waals surface area contributed by atoms with Crippen LogP contribution in [0.15, 0.2) is 0 Å². The zero-order valence-corrected chi connectivity index (χ0v) is 11.6. The smallest absolute Gasteiger partial charge is 0.422 e. The minimum atomic E-state index is -4.19. The Hall–Kier alpha value is -1.35. The van der Waals surface area contributed by atoms with E-state index in [2.05, 4.69) is 4.74 Å². The molecule has 8 nitrogen and oxygen atoms in total. The summed E-state index contributed by atoms with van der Waals surface area (Å²) in [5.41, 5.74) is 0. The summed E-state index contributed by atoms with van der Waals surface area (Å²) in [5.74, 6) is -1.11. The molecule has 0 saturated heterocycles. The van der Waals surface area contributed by atoms with Gasteiger partial charge in [-0.25, -0.2) is 9.52 Å². The molecule has 1 saturated carbocycles. The molecule has 0 spiro atoms. The summed E-state index contributed by atoms with van der Waals surface area (Å²) in [7, 11) is -4.19. The second-order valence-corrected chi connectivity index (χ2v) is 6.36. The van der Waals surface area contributed by atoms with Crippen LogP contribution in [0.1, 0.15) is 26.7 Å². The standard InChI is InChI=1S/C10H18N2O6S/c1-7(2)18-10(15)11-19(16,17)12(6-9(13)14)5-8-3-4-8/h7-8H,3-6H2,1-2H3,(H,11,15)(H,13,14). The van der Waals surface area contributed by atoms with Crippen LogP contribution >= 0.6 is 0 Å². The lowest BCUT2D eigenvalue weighted by Gasteiger charge is -2.20. The number of carboxylic acids is 1. The monoisotopic (exact) mass is 294 g/mol. The van der Waals surface area contributed by atoms with Crippen LogP contribution in [0.3, 0.4) is 0 Å². The van der Waals surface area contributed by atoms with Crippen molar-refractivity contribution in [2.75, 3.05) is 13.1 Å². The number of carbonyl (C=O) groups is 2. The summed E-state index contributed by atoms with van der Waals surface area (Å²) in [6, 6.07) is 0. The molecule has 0 heterocycles. The van der Waals surface area contributed by atoms with Crippen molar-refractivity contribution < 1.29 is 27.9 Å². The fraction of sp³-hybridized carbons (Fsp3) is 0.800. The minimum Gasteiger partial charge on any atom is -0.480 e. The number of carboxylic acid groups (broad SMARTS) is 1. The van der Waals surface area contributed by atoms with Crippen molar-refractivity contribution in [2.45, 2.75) is 32.8 Å². The van der Waals surface area contributed by atoms with Crippen LogP contribution in [-0.4, -0.2) is 49.1 Å². The Kier molecular flexibility index (Phi) is 5.12. The summed E-state index contributed by atoms with van der Waals surface area (Å²) in [5, 5.41) is 8.71. The number of carbonyl (C=O) groups excluding carboxylic acids is 1. The van der Waals surface area contributed by atoms with Gasteiger partial charge in [-0.3, -0.25) is 4.79 Å². The predicted molar refractivity (Wildman–Crippen MR) is 65.6 cm³/mol. The van der Waals surface area contributed by atoms with Crippen molar-refractivity contribution in [3.05, 3.63) is 0 Å². The van der Waals surface area contributed by atoms with Gasteiger partial charge in [0.05, 0.1) is 6.10 Å². The van der Waals surface area contributed by atoms with Gasteiger partial charge in [0.15, 0.2) is 0 Å². The van der Waals surface area contributed by atoms with Gasteiger partial charge in [-0.05, 0) is 32.6 Å². The Morgan fingerprint density at radius 2 is 2.00 bits per heavy atom. The molecule has 1 fully saturated rings. The molecule has 0 unspecified atom stereocenters. The molecule has 110 valence electrons. The average molecular weight is 294 g/mol. The zero-order valence-electron chi connectivity index (χ0n) is 10.8. The molecule has 0 radical (unpaired) electrons. The van der Waals surface area contributed by atoms with Crippen molar-refractivity contribution in [3.63, 3.8) is 0 Å². The van der Waals surface area contributed by atoms with Crippen LogP contribution in [0.5, 0.6) is 0 Å². The Morgan fingerprint density at radius 1 is 1.42 bits per heavy atom. The van der Waals surface area contributed by atoms with Gasteiger partial charge in [-0.1, -0.05) is 0 Å². The number of amides is 1. The third-order valence-corrected chi connectivity index (χ3v) is 3.75. The Labute approximate surface area is 111 Å². The highest BCUT2D eigenvalue weighted by molar-refractivity contribution is 7.87. The second kappa shape index (κ2) is 6.20. The van der Waals surface area contributed by atoms with Crippen molar-refractivity contribution in [1.29, 1.82) is 0 Å². The molecule has 1 rings (SSSR count). The lowest BCUT2D eigenvalue weighted by Crippen LogP contribution is -2.47. The van der Waals surface area contributed by atoms with Gasteiger partial charge in [0, 0.05) is 6.54 Å². The van der Waals surface area contributed by atoms with Crippen LogP contribution < -0.4 is 4.72 Å². The van der Waals surface area contributed by atoms with E-state index in [1.165, 1.54) is 0 Å².